The number of anilines is 1. The molecule has 1 amide bonds. The highest BCUT2D eigenvalue weighted by atomic mass is 35.5. The number of hydrogen-bond acceptors (Lipinski definition) is 4. The first-order valence-corrected chi connectivity index (χ1v) is 6.33. The molecule has 0 atom stereocenters. The Kier molecular flexibility index (Phi) is 5.57. The van der Waals surface area contributed by atoms with Crippen molar-refractivity contribution in [3.05, 3.63) is 32.8 Å². The number of hydrogen-bond donors (Lipinski definition) is 2. The van der Waals surface area contributed by atoms with E-state index in [2.05, 4.69) is 10.6 Å². The van der Waals surface area contributed by atoms with Gasteiger partial charge in [0.25, 0.3) is 11.6 Å². The van der Waals surface area contributed by atoms with Gasteiger partial charge in [-0.1, -0.05) is 24.9 Å². The standard InChI is InChI=1S/C12H16ClN3O3/c1-3-4-5-15-12(17)8-6-9(13)11(14-2)10(7-8)16(18)19/h6-7,14H,3-5H2,1-2H3,(H,15,17). The fourth-order valence-electron chi connectivity index (χ4n) is 1.60. The maximum atomic E-state index is 11.8. The molecule has 1 aromatic carbocycles. The van der Waals surface area contributed by atoms with Gasteiger partial charge < -0.3 is 10.6 Å². The number of carbonyl (C=O) groups excluding carboxylic acids is 1. The third kappa shape index (κ3) is 3.82. The molecule has 19 heavy (non-hydrogen) atoms. The van der Waals surface area contributed by atoms with Crippen molar-refractivity contribution in [2.24, 2.45) is 0 Å². The average Bonchev–Trinajstić information content (AvgIpc) is 2.37. The van der Waals surface area contributed by atoms with Crippen molar-refractivity contribution in [1.29, 1.82) is 0 Å². The molecular weight excluding hydrogens is 270 g/mol. The second-order valence-electron chi connectivity index (χ2n) is 3.97. The van der Waals surface area contributed by atoms with Crippen molar-refractivity contribution in [1.82, 2.24) is 5.32 Å². The highest BCUT2D eigenvalue weighted by Crippen LogP contribution is 2.33. The summed E-state index contributed by atoms with van der Waals surface area (Å²) in [5.41, 5.74) is 0.180. The SMILES string of the molecule is CCCCNC(=O)c1cc(Cl)c(NC)c([N+](=O)[O-])c1. The quantitative estimate of drug-likeness (QED) is 0.478. The largest absolute Gasteiger partial charge is 0.381 e. The number of benzene rings is 1. The smallest absolute Gasteiger partial charge is 0.294 e. The zero-order valence-corrected chi connectivity index (χ0v) is 11.6. The summed E-state index contributed by atoms with van der Waals surface area (Å²) in [6.45, 7) is 2.55. The number of nitrogens with zero attached hydrogens (tertiary/aromatic N) is 1. The third-order valence-corrected chi connectivity index (χ3v) is 2.89. The molecular formula is C12H16ClN3O3. The lowest BCUT2D eigenvalue weighted by Gasteiger charge is -2.08. The highest BCUT2D eigenvalue weighted by molar-refractivity contribution is 6.34. The van der Waals surface area contributed by atoms with E-state index in [-0.39, 0.29) is 27.9 Å². The van der Waals surface area contributed by atoms with Crippen LogP contribution in [0.25, 0.3) is 0 Å². The predicted octanol–water partition coefficient (Wildman–Crippen LogP) is 2.82. The molecule has 0 aliphatic heterocycles. The van der Waals surface area contributed by atoms with E-state index in [1.54, 1.807) is 0 Å². The highest BCUT2D eigenvalue weighted by Gasteiger charge is 2.20. The maximum Gasteiger partial charge on any atom is 0.294 e. The Morgan fingerprint density at radius 2 is 2.16 bits per heavy atom. The molecule has 0 unspecified atom stereocenters. The van der Waals surface area contributed by atoms with Crippen LogP contribution in [0.1, 0.15) is 30.1 Å². The minimum atomic E-state index is -0.569. The van der Waals surface area contributed by atoms with Gasteiger partial charge in [0.1, 0.15) is 5.69 Å². The second-order valence-corrected chi connectivity index (χ2v) is 4.38. The average molecular weight is 286 g/mol. The van der Waals surface area contributed by atoms with E-state index in [0.717, 1.165) is 12.8 Å². The van der Waals surface area contributed by atoms with Gasteiger partial charge in [-0.25, -0.2) is 0 Å². The molecule has 1 rings (SSSR count). The van der Waals surface area contributed by atoms with Crippen LogP contribution >= 0.6 is 11.6 Å². The van der Waals surface area contributed by atoms with E-state index in [1.165, 1.54) is 19.2 Å². The van der Waals surface area contributed by atoms with Crippen molar-refractivity contribution in [3.8, 4) is 0 Å². The molecule has 7 heteroatoms. The van der Waals surface area contributed by atoms with Crippen molar-refractivity contribution in [2.45, 2.75) is 19.8 Å². The molecule has 1 aromatic rings. The second kappa shape index (κ2) is 6.94. The Balaban J connectivity index is 3.03. The normalized spacial score (nSPS) is 10.1. The van der Waals surface area contributed by atoms with Crippen LogP contribution in [-0.2, 0) is 0 Å². The summed E-state index contributed by atoms with van der Waals surface area (Å²) >= 11 is 5.94. The molecule has 0 aromatic heterocycles. The van der Waals surface area contributed by atoms with Crippen molar-refractivity contribution in [2.75, 3.05) is 18.9 Å². The number of nitro benzene ring substituents is 1. The minimum absolute atomic E-state index is 0.150. The zero-order valence-electron chi connectivity index (χ0n) is 10.8. The lowest BCUT2D eigenvalue weighted by atomic mass is 10.1. The fraction of sp³-hybridized carbons (Fsp3) is 0.417. The molecule has 0 heterocycles. The molecule has 0 fully saturated rings. The summed E-state index contributed by atoms with van der Waals surface area (Å²) in [5.74, 6) is -0.360. The summed E-state index contributed by atoms with van der Waals surface area (Å²) in [4.78, 5) is 22.2. The summed E-state index contributed by atoms with van der Waals surface area (Å²) in [7, 11) is 1.54. The number of rotatable bonds is 6. The fourth-order valence-corrected chi connectivity index (χ4v) is 1.90. The number of amides is 1. The molecule has 0 bridgehead atoms. The van der Waals surface area contributed by atoms with Gasteiger partial charge in [-0.3, -0.25) is 14.9 Å². The van der Waals surface area contributed by atoms with Gasteiger partial charge in [-0.05, 0) is 12.5 Å². The van der Waals surface area contributed by atoms with Crippen LogP contribution in [0.15, 0.2) is 12.1 Å². The first-order chi connectivity index (χ1) is 9.01. The number of nitrogens with one attached hydrogen (secondary N) is 2. The molecule has 0 saturated carbocycles. The van der Waals surface area contributed by atoms with E-state index >= 15 is 0 Å². The molecule has 104 valence electrons. The summed E-state index contributed by atoms with van der Waals surface area (Å²) in [5, 5.41) is 16.4. The topological polar surface area (TPSA) is 84.3 Å². The molecule has 0 saturated heterocycles. The van der Waals surface area contributed by atoms with Crippen LogP contribution in [0.4, 0.5) is 11.4 Å². The summed E-state index contributed by atoms with van der Waals surface area (Å²) in [6, 6.07) is 2.64. The Bertz CT molecular complexity index is 491. The maximum absolute atomic E-state index is 11.8. The molecule has 0 aliphatic carbocycles. The molecule has 0 aliphatic rings. The Morgan fingerprint density at radius 1 is 1.47 bits per heavy atom. The van der Waals surface area contributed by atoms with Crippen LogP contribution in [0.3, 0.4) is 0 Å². The molecule has 0 radical (unpaired) electrons. The van der Waals surface area contributed by atoms with E-state index in [1.807, 2.05) is 6.92 Å². The van der Waals surface area contributed by atoms with E-state index in [0.29, 0.717) is 6.54 Å². The van der Waals surface area contributed by atoms with Crippen LogP contribution in [0, 0.1) is 10.1 Å². The van der Waals surface area contributed by atoms with E-state index in [9.17, 15) is 14.9 Å². The first-order valence-electron chi connectivity index (χ1n) is 5.95. The molecule has 2 N–H and O–H groups in total. The third-order valence-electron chi connectivity index (χ3n) is 2.59. The van der Waals surface area contributed by atoms with Gasteiger partial charge in [0.15, 0.2) is 0 Å². The Morgan fingerprint density at radius 3 is 2.68 bits per heavy atom. The van der Waals surface area contributed by atoms with Gasteiger partial charge in [-0.2, -0.15) is 0 Å². The van der Waals surface area contributed by atoms with Gasteiger partial charge in [0.2, 0.25) is 0 Å². The Hall–Kier alpha value is -1.82. The summed E-state index contributed by atoms with van der Waals surface area (Å²) < 4.78 is 0. The predicted molar refractivity (Wildman–Crippen MR) is 74.9 cm³/mol. The van der Waals surface area contributed by atoms with Gasteiger partial charge in [0.05, 0.1) is 9.95 Å². The van der Waals surface area contributed by atoms with Crippen molar-refractivity contribution < 1.29 is 9.72 Å². The number of unbranched alkanes of at least 4 members (excludes halogenated alkanes) is 1. The lowest BCUT2D eigenvalue weighted by molar-refractivity contribution is -0.383. The van der Waals surface area contributed by atoms with Crippen LogP contribution in [-0.4, -0.2) is 24.4 Å². The molecule has 0 spiro atoms. The van der Waals surface area contributed by atoms with Crippen LogP contribution < -0.4 is 10.6 Å². The minimum Gasteiger partial charge on any atom is -0.381 e. The van der Waals surface area contributed by atoms with Crippen LogP contribution in [0.5, 0.6) is 0 Å². The van der Waals surface area contributed by atoms with Gasteiger partial charge >= 0.3 is 0 Å². The zero-order chi connectivity index (χ0) is 14.4. The van der Waals surface area contributed by atoms with Crippen molar-refractivity contribution >= 4 is 28.9 Å². The van der Waals surface area contributed by atoms with Crippen LogP contribution in [0.2, 0.25) is 5.02 Å². The lowest BCUT2D eigenvalue weighted by Crippen LogP contribution is -2.24. The van der Waals surface area contributed by atoms with Crippen molar-refractivity contribution in [3.63, 3.8) is 0 Å². The number of carbonyl (C=O) groups is 1. The van der Waals surface area contributed by atoms with Gasteiger partial charge in [-0.15, -0.1) is 0 Å². The Labute approximate surface area is 116 Å². The van der Waals surface area contributed by atoms with E-state index in [4.69, 9.17) is 11.6 Å². The van der Waals surface area contributed by atoms with Gasteiger partial charge in [0, 0.05) is 25.2 Å². The summed E-state index contributed by atoms with van der Waals surface area (Å²) in [6.07, 6.45) is 1.82. The molecule has 6 nitrogen and oxygen atoms in total. The monoisotopic (exact) mass is 285 g/mol. The number of nitro groups is 1. The first kappa shape index (κ1) is 15.2. The van der Waals surface area contributed by atoms with E-state index < -0.39 is 4.92 Å². The number of halogens is 1.